The molecule has 0 heterocycles. The number of amides is 1. The van der Waals surface area contributed by atoms with E-state index < -0.39 is 5.82 Å². The van der Waals surface area contributed by atoms with Gasteiger partial charge in [0.25, 0.3) is 5.91 Å². The number of carbonyl (C=O) groups excluding carboxylic acids is 1. The van der Waals surface area contributed by atoms with E-state index in [1.54, 1.807) is 6.07 Å². The van der Waals surface area contributed by atoms with Gasteiger partial charge in [-0.1, -0.05) is 15.9 Å². The summed E-state index contributed by atoms with van der Waals surface area (Å²) in [5.41, 5.74) is 0. The fraction of sp³-hybridized carbons (Fsp3) is 0.364. The van der Waals surface area contributed by atoms with Gasteiger partial charge in [0, 0.05) is 10.5 Å². The molecule has 1 aromatic rings. The van der Waals surface area contributed by atoms with Crippen LogP contribution in [0.3, 0.4) is 0 Å². The van der Waals surface area contributed by atoms with Crippen LogP contribution in [0.25, 0.3) is 0 Å². The van der Waals surface area contributed by atoms with E-state index in [1.165, 1.54) is 12.1 Å². The third kappa shape index (κ3) is 4.18. The van der Waals surface area contributed by atoms with Crippen LogP contribution in [0.2, 0.25) is 0 Å². The topological polar surface area (TPSA) is 38.3 Å². The first-order valence-corrected chi connectivity index (χ1v) is 5.65. The van der Waals surface area contributed by atoms with Gasteiger partial charge in [0.1, 0.15) is 0 Å². The van der Waals surface area contributed by atoms with Crippen molar-refractivity contribution in [3.05, 3.63) is 28.5 Å². The molecule has 1 amide bonds. The highest BCUT2D eigenvalue weighted by atomic mass is 79.9. The third-order valence-corrected chi connectivity index (χ3v) is 2.20. The van der Waals surface area contributed by atoms with Gasteiger partial charge in [0.05, 0.1) is 0 Å². The molecule has 88 valence electrons. The van der Waals surface area contributed by atoms with Crippen LogP contribution >= 0.6 is 15.9 Å². The molecule has 1 aromatic carbocycles. The number of nitrogens with one attached hydrogen (secondary N) is 1. The molecule has 0 fully saturated rings. The Morgan fingerprint density at radius 3 is 2.81 bits per heavy atom. The maximum absolute atomic E-state index is 13.3. The Balaban J connectivity index is 2.51. The highest BCUT2D eigenvalue weighted by Gasteiger charge is 2.07. The molecular formula is C11H13BrFNO2. The standard InChI is InChI=1S/C11H13BrFNO2/c1-7(2)14-11(15)6-16-10-4-3-8(12)5-9(10)13/h3-5,7H,6H2,1-2H3,(H,14,15). The monoisotopic (exact) mass is 289 g/mol. The molecule has 1 N–H and O–H groups in total. The zero-order chi connectivity index (χ0) is 12.1. The second kappa shape index (κ2) is 5.84. The van der Waals surface area contributed by atoms with Crippen LogP contribution in [0.4, 0.5) is 4.39 Å². The Morgan fingerprint density at radius 1 is 1.56 bits per heavy atom. The summed E-state index contributed by atoms with van der Waals surface area (Å²) in [5, 5.41) is 2.65. The van der Waals surface area contributed by atoms with E-state index in [9.17, 15) is 9.18 Å². The normalized spacial score (nSPS) is 10.3. The van der Waals surface area contributed by atoms with E-state index in [0.717, 1.165) is 0 Å². The van der Waals surface area contributed by atoms with Gasteiger partial charge in [0.2, 0.25) is 0 Å². The third-order valence-electron chi connectivity index (χ3n) is 1.70. The maximum atomic E-state index is 13.3. The second-order valence-electron chi connectivity index (χ2n) is 3.59. The first kappa shape index (κ1) is 13.0. The number of carbonyl (C=O) groups is 1. The number of hydrogen-bond donors (Lipinski definition) is 1. The summed E-state index contributed by atoms with van der Waals surface area (Å²) < 4.78 is 19.0. The molecule has 5 heteroatoms. The Kier molecular flexibility index (Phi) is 4.73. The number of halogens is 2. The second-order valence-corrected chi connectivity index (χ2v) is 4.50. The number of ether oxygens (including phenoxy) is 1. The van der Waals surface area contributed by atoms with E-state index in [4.69, 9.17) is 4.74 Å². The number of rotatable bonds is 4. The molecule has 0 saturated carbocycles. The van der Waals surface area contributed by atoms with Crippen molar-refractivity contribution in [1.82, 2.24) is 5.32 Å². The average Bonchev–Trinajstić information content (AvgIpc) is 2.15. The van der Waals surface area contributed by atoms with Gasteiger partial charge in [-0.05, 0) is 32.0 Å². The van der Waals surface area contributed by atoms with Crippen LogP contribution in [0.15, 0.2) is 22.7 Å². The summed E-state index contributed by atoms with van der Waals surface area (Å²) >= 11 is 3.13. The van der Waals surface area contributed by atoms with Crippen molar-refractivity contribution in [3.63, 3.8) is 0 Å². The molecule has 0 aromatic heterocycles. The molecule has 0 radical (unpaired) electrons. The van der Waals surface area contributed by atoms with E-state index in [2.05, 4.69) is 21.2 Å². The summed E-state index contributed by atoms with van der Waals surface area (Å²) in [6.45, 7) is 3.51. The van der Waals surface area contributed by atoms with Crippen molar-refractivity contribution in [1.29, 1.82) is 0 Å². The SMILES string of the molecule is CC(C)NC(=O)COc1ccc(Br)cc1F. The molecule has 0 aliphatic rings. The molecule has 0 aliphatic carbocycles. The van der Waals surface area contributed by atoms with Crippen molar-refractivity contribution in [2.45, 2.75) is 19.9 Å². The minimum Gasteiger partial charge on any atom is -0.481 e. The highest BCUT2D eigenvalue weighted by molar-refractivity contribution is 9.10. The Hall–Kier alpha value is -1.10. The van der Waals surface area contributed by atoms with Crippen LogP contribution in [0, 0.1) is 5.82 Å². The van der Waals surface area contributed by atoms with Gasteiger partial charge in [-0.15, -0.1) is 0 Å². The van der Waals surface area contributed by atoms with Gasteiger partial charge >= 0.3 is 0 Å². The Bertz CT molecular complexity index is 382. The van der Waals surface area contributed by atoms with Gasteiger partial charge in [-0.3, -0.25) is 4.79 Å². The van der Waals surface area contributed by atoms with Crippen molar-refractivity contribution < 1.29 is 13.9 Å². The van der Waals surface area contributed by atoms with Gasteiger partial charge in [0.15, 0.2) is 18.2 Å². The van der Waals surface area contributed by atoms with Gasteiger partial charge in [-0.25, -0.2) is 4.39 Å². The van der Waals surface area contributed by atoms with Crippen LogP contribution in [-0.2, 0) is 4.79 Å². The smallest absolute Gasteiger partial charge is 0.258 e. The predicted octanol–water partition coefficient (Wildman–Crippen LogP) is 2.49. The average molecular weight is 290 g/mol. The van der Waals surface area contributed by atoms with Crippen LogP contribution in [0.5, 0.6) is 5.75 Å². The lowest BCUT2D eigenvalue weighted by Crippen LogP contribution is -2.34. The lowest BCUT2D eigenvalue weighted by Gasteiger charge is -2.10. The molecule has 0 bridgehead atoms. The summed E-state index contributed by atoms with van der Waals surface area (Å²) in [4.78, 5) is 11.2. The molecule has 0 atom stereocenters. The molecule has 16 heavy (non-hydrogen) atoms. The van der Waals surface area contributed by atoms with Crippen molar-refractivity contribution >= 4 is 21.8 Å². The van der Waals surface area contributed by atoms with Crippen LogP contribution in [-0.4, -0.2) is 18.6 Å². The Morgan fingerprint density at radius 2 is 2.25 bits per heavy atom. The lowest BCUT2D eigenvalue weighted by atomic mass is 10.3. The van der Waals surface area contributed by atoms with Crippen LogP contribution < -0.4 is 10.1 Å². The summed E-state index contributed by atoms with van der Waals surface area (Å²) in [5.74, 6) is -0.689. The quantitative estimate of drug-likeness (QED) is 0.925. The summed E-state index contributed by atoms with van der Waals surface area (Å²) in [6, 6.07) is 4.46. The summed E-state index contributed by atoms with van der Waals surface area (Å²) in [6.07, 6.45) is 0. The molecule has 3 nitrogen and oxygen atoms in total. The zero-order valence-electron chi connectivity index (χ0n) is 9.09. The van der Waals surface area contributed by atoms with Crippen molar-refractivity contribution in [2.75, 3.05) is 6.61 Å². The lowest BCUT2D eigenvalue weighted by molar-refractivity contribution is -0.123. The van der Waals surface area contributed by atoms with Crippen molar-refractivity contribution in [2.24, 2.45) is 0 Å². The molecular weight excluding hydrogens is 277 g/mol. The number of benzene rings is 1. The summed E-state index contributed by atoms with van der Waals surface area (Å²) in [7, 11) is 0. The van der Waals surface area contributed by atoms with Crippen LogP contribution in [0.1, 0.15) is 13.8 Å². The number of hydrogen-bond acceptors (Lipinski definition) is 2. The fourth-order valence-electron chi connectivity index (χ4n) is 1.10. The first-order chi connectivity index (χ1) is 7.49. The molecule has 0 saturated heterocycles. The van der Waals surface area contributed by atoms with E-state index >= 15 is 0 Å². The molecule has 0 aliphatic heterocycles. The minimum atomic E-state index is -0.494. The van der Waals surface area contributed by atoms with Gasteiger partial charge in [-0.2, -0.15) is 0 Å². The molecule has 1 rings (SSSR count). The van der Waals surface area contributed by atoms with E-state index in [-0.39, 0.29) is 24.3 Å². The Labute approximate surface area is 102 Å². The maximum Gasteiger partial charge on any atom is 0.258 e. The van der Waals surface area contributed by atoms with Gasteiger partial charge < -0.3 is 10.1 Å². The highest BCUT2D eigenvalue weighted by Crippen LogP contribution is 2.21. The predicted molar refractivity (Wildman–Crippen MR) is 62.9 cm³/mol. The van der Waals surface area contributed by atoms with E-state index in [1.807, 2.05) is 13.8 Å². The molecule has 0 unspecified atom stereocenters. The first-order valence-electron chi connectivity index (χ1n) is 4.86. The van der Waals surface area contributed by atoms with Crippen molar-refractivity contribution in [3.8, 4) is 5.75 Å². The molecule has 0 spiro atoms. The largest absolute Gasteiger partial charge is 0.481 e. The minimum absolute atomic E-state index is 0.0471. The zero-order valence-corrected chi connectivity index (χ0v) is 10.7. The fourth-order valence-corrected chi connectivity index (χ4v) is 1.43. The van der Waals surface area contributed by atoms with E-state index in [0.29, 0.717) is 4.47 Å².